The Balaban J connectivity index is 2.06. The summed E-state index contributed by atoms with van der Waals surface area (Å²) in [5.74, 6) is 0. The molecular weight excluding hydrogens is 212 g/mol. The summed E-state index contributed by atoms with van der Waals surface area (Å²) in [6, 6.07) is 10.8. The maximum atomic E-state index is 9.01. The lowest BCUT2D eigenvalue weighted by atomic mass is 10.1. The molecule has 0 spiro atoms. The Kier molecular flexibility index (Phi) is 4.15. The third-order valence-electron chi connectivity index (χ3n) is 3.50. The largest absolute Gasteiger partial charge is 0.411 e. The van der Waals surface area contributed by atoms with Crippen molar-refractivity contribution < 1.29 is 5.21 Å². The summed E-state index contributed by atoms with van der Waals surface area (Å²) >= 11 is 0. The maximum Gasteiger partial charge on any atom is 0.0742 e. The molecule has 3 heteroatoms. The summed E-state index contributed by atoms with van der Waals surface area (Å²) in [5.41, 5.74) is 2.27. The molecule has 2 rings (SSSR count). The van der Waals surface area contributed by atoms with E-state index in [0.29, 0.717) is 6.04 Å². The van der Waals surface area contributed by atoms with E-state index in [1.807, 2.05) is 6.07 Å². The van der Waals surface area contributed by atoms with Crippen molar-refractivity contribution in [2.75, 3.05) is 6.54 Å². The highest BCUT2D eigenvalue weighted by Crippen LogP contribution is 2.23. The van der Waals surface area contributed by atoms with Gasteiger partial charge in [0.25, 0.3) is 0 Å². The van der Waals surface area contributed by atoms with Crippen LogP contribution in [-0.4, -0.2) is 28.4 Å². The Morgan fingerprint density at radius 2 is 2.12 bits per heavy atom. The smallest absolute Gasteiger partial charge is 0.0742 e. The van der Waals surface area contributed by atoms with Gasteiger partial charge in [-0.05, 0) is 31.4 Å². The maximum absolute atomic E-state index is 9.01. The summed E-state index contributed by atoms with van der Waals surface area (Å²) in [4.78, 5) is 2.39. The first-order valence-electron chi connectivity index (χ1n) is 6.34. The first-order valence-corrected chi connectivity index (χ1v) is 6.34. The molecule has 0 saturated heterocycles. The van der Waals surface area contributed by atoms with E-state index >= 15 is 0 Å². The first-order chi connectivity index (χ1) is 8.35. The zero-order valence-electron chi connectivity index (χ0n) is 10.3. The molecule has 1 unspecified atom stereocenters. The standard InChI is InChI=1S/C14H20N2O/c1-2-16(11-12-7-4-3-5-8-12)14-10-6-9-13(14)15-17/h3-5,7-8,14,17H,2,6,9-11H2,1H3/b15-13-. The number of benzene rings is 1. The third-order valence-corrected chi connectivity index (χ3v) is 3.50. The van der Waals surface area contributed by atoms with Gasteiger partial charge in [0.2, 0.25) is 0 Å². The molecule has 1 aliphatic rings. The van der Waals surface area contributed by atoms with Crippen LogP contribution in [0.5, 0.6) is 0 Å². The molecule has 1 N–H and O–H groups in total. The second kappa shape index (κ2) is 5.82. The molecule has 1 fully saturated rings. The molecule has 1 aromatic carbocycles. The van der Waals surface area contributed by atoms with Crippen LogP contribution < -0.4 is 0 Å². The summed E-state index contributed by atoms with van der Waals surface area (Å²) < 4.78 is 0. The van der Waals surface area contributed by atoms with Gasteiger partial charge in [-0.2, -0.15) is 0 Å². The Labute approximate surface area is 103 Å². The molecule has 0 radical (unpaired) electrons. The zero-order valence-corrected chi connectivity index (χ0v) is 10.3. The molecule has 3 nitrogen and oxygen atoms in total. The highest BCUT2D eigenvalue weighted by Gasteiger charge is 2.28. The van der Waals surface area contributed by atoms with Gasteiger partial charge in [0.1, 0.15) is 0 Å². The minimum absolute atomic E-state index is 0.324. The van der Waals surface area contributed by atoms with E-state index in [2.05, 4.69) is 41.2 Å². The van der Waals surface area contributed by atoms with E-state index in [1.54, 1.807) is 0 Å². The fourth-order valence-electron chi connectivity index (χ4n) is 2.58. The Morgan fingerprint density at radius 3 is 2.76 bits per heavy atom. The Hall–Kier alpha value is -1.35. The molecule has 92 valence electrons. The normalized spacial score (nSPS) is 22.5. The monoisotopic (exact) mass is 232 g/mol. The highest BCUT2D eigenvalue weighted by molar-refractivity contribution is 5.90. The summed E-state index contributed by atoms with van der Waals surface area (Å²) in [5, 5.41) is 12.5. The van der Waals surface area contributed by atoms with Crippen LogP contribution >= 0.6 is 0 Å². The van der Waals surface area contributed by atoms with Crippen molar-refractivity contribution >= 4 is 5.71 Å². The average Bonchev–Trinajstić information content (AvgIpc) is 2.85. The number of oxime groups is 1. The van der Waals surface area contributed by atoms with Crippen LogP contribution in [0.2, 0.25) is 0 Å². The van der Waals surface area contributed by atoms with Gasteiger partial charge in [-0.3, -0.25) is 4.90 Å². The van der Waals surface area contributed by atoms with E-state index in [0.717, 1.165) is 38.1 Å². The Morgan fingerprint density at radius 1 is 1.35 bits per heavy atom. The van der Waals surface area contributed by atoms with Crippen molar-refractivity contribution in [1.29, 1.82) is 0 Å². The SMILES string of the molecule is CCN(Cc1ccccc1)C1CCC/C1=N/O. The fourth-order valence-corrected chi connectivity index (χ4v) is 2.58. The quantitative estimate of drug-likeness (QED) is 0.640. The van der Waals surface area contributed by atoms with Gasteiger partial charge < -0.3 is 5.21 Å². The molecule has 0 heterocycles. The minimum atomic E-state index is 0.324. The minimum Gasteiger partial charge on any atom is -0.411 e. The van der Waals surface area contributed by atoms with Crippen molar-refractivity contribution in [3.8, 4) is 0 Å². The lowest BCUT2D eigenvalue weighted by Gasteiger charge is -2.27. The molecular formula is C14H20N2O. The van der Waals surface area contributed by atoms with Crippen molar-refractivity contribution in [1.82, 2.24) is 4.90 Å². The average molecular weight is 232 g/mol. The topological polar surface area (TPSA) is 35.8 Å². The predicted molar refractivity (Wildman–Crippen MR) is 69.4 cm³/mol. The van der Waals surface area contributed by atoms with Crippen molar-refractivity contribution in [3.05, 3.63) is 35.9 Å². The van der Waals surface area contributed by atoms with Crippen molar-refractivity contribution in [3.63, 3.8) is 0 Å². The molecule has 0 aromatic heterocycles. The van der Waals surface area contributed by atoms with E-state index in [1.165, 1.54) is 5.56 Å². The number of hydrogen-bond donors (Lipinski definition) is 1. The van der Waals surface area contributed by atoms with E-state index in [4.69, 9.17) is 5.21 Å². The number of rotatable bonds is 4. The number of hydrogen-bond acceptors (Lipinski definition) is 3. The van der Waals surface area contributed by atoms with Gasteiger partial charge >= 0.3 is 0 Å². The lowest BCUT2D eigenvalue weighted by Crippen LogP contribution is -2.37. The van der Waals surface area contributed by atoms with Crippen molar-refractivity contribution in [2.45, 2.75) is 38.8 Å². The summed E-state index contributed by atoms with van der Waals surface area (Å²) in [6.07, 6.45) is 3.18. The molecule has 1 saturated carbocycles. The van der Waals surface area contributed by atoms with Gasteiger partial charge in [0.15, 0.2) is 0 Å². The molecule has 17 heavy (non-hydrogen) atoms. The molecule has 0 aliphatic heterocycles. The van der Waals surface area contributed by atoms with Crippen LogP contribution in [0.1, 0.15) is 31.7 Å². The predicted octanol–water partition coefficient (Wildman–Crippen LogP) is 2.89. The van der Waals surface area contributed by atoms with Crippen LogP contribution in [0.15, 0.2) is 35.5 Å². The third kappa shape index (κ3) is 2.86. The summed E-state index contributed by atoms with van der Waals surface area (Å²) in [6.45, 7) is 4.08. The van der Waals surface area contributed by atoms with Crippen LogP contribution in [0.4, 0.5) is 0 Å². The van der Waals surface area contributed by atoms with Crippen molar-refractivity contribution in [2.24, 2.45) is 5.16 Å². The van der Waals surface area contributed by atoms with Gasteiger partial charge in [0.05, 0.1) is 11.8 Å². The molecule has 1 aliphatic carbocycles. The van der Waals surface area contributed by atoms with E-state index in [9.17, 15) is 0 Å². The Bertz CT molecular complexity index is 375. The van der Waals surface area contributed by atoms with E-state index in [-0.39, 0.29) is 0 Å². The van der Waals surface area contributed by atoms with Crippen LogP contribution in [0.3, 0.4) is 0 Å². The molecule has 1 atom stereocenters. The van der Waals surface area contributed by atoms with Crippen LogP contribution in [-0.2, 0) is 6.54 Å². The highest BCUT2D eigenvalue weighted by atomic mass is 16.4. The van der Waals surface area contributed by atoms with Gasteiger partial charge in [-0.1, -0.05) is 42.4 Å². The van der Waals surface area contributed by atoms with Gasteiger partial charge in [-0.25, -0.2) is 0 Å². The summed E-state index contributed by atoms with van der Waals surface area (Å²) in [7, 11) is 0. The molecule has 1 aromatic rings. The zero-order chi connectivity index (χ0) is 12.1. The first kappa shape index (κ1) is 12.1. The molecule has 0 amide bonds. The molecule has 0 bridgehead atoms. The second-order valence-corrected chi connectivity index (χ2v) is 4.55. The van der Waals surface area contributed by atoms with Crippen LogP contribution in [0, 0.1) is 0 Å². The fraction of sp³-hybridized carbons (Fsp3) is 0.500. The van der Waals surface area contributed by atoms with Crippen LogP contribution in [0.25, 0.3) is 0 Å². The van der Waals surface area contributed by atoms with E-state index < -0.39 is 0 Å². The van der Waals surface area contributed by atoms with Gasteiger partial charge in [-0.15, -0.1) is 0 Å². The lowest BCUT2D eigenvalue weighted by molar-refractivity contribution is 0.236. The second-order valence-electron chi connectivity index (χ2n) is 4.55. The van der Waals surface area contributed by atoms with Gasteiger partial charge in [0, 0.05) is 6.54 Å². The number of nitrogens with zero attached hydrogens (tertiary/aromatic N) is 2.